The number of carbonyl (C=O) groups excluding carboxylic acids is 1. The van der Waals surface area contributed by atoms with Crippen LogP contribution in [0.1, 0.15) is 25.7 Å². The molecule has 5 N–H and O–H groups in total. The number of carboxylic acids is 1. The van der Waals surface area contributed by atoms with Crippen LogP contribution in [-0.2, 0) is 9.59 Å². The van der Waals surface area contributed by atoms with E-state index in [2.05, 4.69) is 32.4 Å². The minimum Gasteiger partial charge on any atom is -0.480 e. The summed E-state index contributed by atoms with van der Waals surface area (Å²) in [6, 6.07) is -1.30. The number of hydrogen-bond acceptors (Lipinski definition) is 5. The van der Waals surface area contributed by atoms with Crippen molar-refractivity contribution in [2.24, 2.45) is 5.73 Å². The maximum atomic E-state index is 11.8. The summed E-state index contributed by atoms with van der Waals surface area (Å²) in [6.45, 7) is 0.524. The van der Waals surface area contributed by atoms with Crippen LogP contribution in [0.15, 0.2) is 0 Å². The van der Waals surface area contributed by atoms with E-state index in [1.54, 1.807) is 0 Å². The minimum atomic E-state index is -1.02. The van der Waals surface area contributed by atoms with Crippen molar-refractivity contribution in [3.63, 3.8) is 0 Å². The molecule has 0 aromatic rings. The van der Waals surface area contributed by atoms with Crippen molar-refractivity contribution in [3.8, 4) is 0 Å². The molecule has 106 valence electrons. The van der Waals surface area contributed by atoms with Gasteiger partial charge < -0.3 is 16.2 Å². The Labute approximate surface area is 115 Å². The average molecular weight is 295 g/mol. The number of nitrogens with two attached hydrogens (primary N) is 1. The molecule has 6 nitrogen and oxygen atoms in total. The zero-order chi connectivity index (χ0) is 14.0. The zero-order valence-corrected chi connectivity index (χ0v) is 12.3. The molecule has 0 spiro atoms. The van der Waals surface area contributed by atoms with Gasteiger partial charge >= 0.3 is 5.97 Å². The van der Waals surface area contributed by atoms with Gasteiger partial charge in [0.25, 0.3) is 0 Å². The first-order valence-corrected chi connectivity index (χ1v) is 7.08. The molecule has 1 unspecified atom stereocenters. The predicted octanol–water partition coefficient (Wildman–Crippen LogP) is -0.247. The fourth-order valence-electron chi connectivity index (χ4n) is 1.44. The standard InChI is InChI=1S/C10H22N3O3PS/c11-5-2-1-3-8(10(15)16)12-9(14)7(13-17)4-6-18/h7-8,13,18H,1-6,11,17H2,(H,12,14)(H,15,16)/t7-,8-/m0/s1. The number of amides is 1. The van der Waals surface area contributed by atoms with E-state index in [4.69, 9.17) is 10.8 Å². The summed E-state index contributed by atoms with van der Waals surface area (Å²) in [6.07, 6.45) is 2.36. The second-order valence-electron chi connectivity index (χ2n) is 3.92. The van der Waals surface area contributed by atoms with Gasteiger partial charge in [-0.1, -0.05) is 9.39 Å². The molecule has 3 atom stereocenters. The Kier molecular flexibility index (Phi) is 10.3. The molecule has 0 fully saturated rings. The van der Waals surface area contributed by atoms with Gasteiger partial charge in [-0.25, -0.2) is 4.79 Å². The van der Waals surface area contributed by atoms with Crippen LogP contribution in [-0.4, -0.2) is 41.4 Å². The van der Waals surface area contributed by atoms with Crippen LogP contribution >= 0.6 is 22.0 Å². The molecule has 0 aliphatic heterocycles. The van der Waals surface area contributed by atoms with Crippen molar-refractivity contribution < 1.29 is 14.7 Å². The van der Waals surface area contributed by atoms with Crippen LogP contribution in [0.3, 0.4) is 0 Å². The van der Waals surface area contributed by atoms with Gasteiger partial charge in [0.05, 0.1) is 6.04 Å². The number of unbranched alkanes of at least 4 members (excludes halogenated alkanes) is 1. The second kappa shape index (κ2) is 10.6. The van der Waals surface area contributed by atoms with Crippen molar-refractivity contribution in [2.75, 3.05) is 12.3 Å². The Hall–Kier alpha value is -0.360. The molecule has 0 aliphatic carbocycles. The number of rotatable bonds is 10. The third kappa shape index (κ3) is 7.16. The summed E-state index contributed by atoms with van der Waals surface area (Å²) in [5.74, 6) is -0.794. The molecule has 0 radical (unpaired) electrons. The molecule has 0 aromatic carbocycles. The van der Waals surface area contributed by atoms with Crippen LogP contribution in [0.2, 0.25) is 0 Å². The van der Waals surface area contributed by atoms with E-state index in [9.17, 15) is 9.59 Å². The Bertz CT molecular complexity index is 269. The summed E-state index contributed by atoms with van der Waals surface area (Å²) >= 11 is 4.05. The van der Waals surface area contributed by atoms with E-state index in [1.165, 1.54) is 0 Å². The van der Waals surface area contributed by atoms with Crippen LogP contribution in [0.25, 0.3) is 0 Å². The van der Waals surface area contributed by atoms with E-state index in [-0.39, 0.29) is 5.91 Å². The molecule has 18 heavy (non-hydrogen) atoms. The van der Waals surface area contributed by atoms with Gasteiger partial charge in [0.15, 0.2) is 0 Å². The Morgan fingerprint density at radius 3 is 2.39 bits per heavy atom. The highest BCUT2D eigenvalue weighted by molar-refractivity contribution is 7.80. The topological polar surface area (TPSA) is 104 Å². The molecular formula is C10H22N3O3PS. The average Bonchev–Trinajstić information content (AvgIpc) is 2.34. The van der Waals surface area contributed by atoms with Crippen LogP contribution in [0.4, 0.5) is 0 Å². The van der Waals surface area contributed by atoms with Crippen LogP contribution in [0.5, 0.6) is 0 Å². The molecule has 0 saturated carbocycles. The Balaban J connectivity index is 4.29. The minimum absolute atomic E-state index is 0.320. The number of aliphatic carboxylic acids is 1. The molecule has 0 bridgehead atoms. The number of carboxylic acid groups (broad SMARTS) is 1. The molecule has 1 amide bonds. The highest BCUT2D eigenvalue weighted by Crippen LogP contribution is 2.03. The van der Waals surface area contributed by atoms with Gasteiger partial charge in [-0.05, 0) is 38.0 Å². The van der Waals surface area contributed by atoms with Crippen molar-refractivity contribution in [3.05, 3.63) is 0 Å². The monoisotopic (exact) mass is 295 g/mol. The number of carbonyl (C=O) groups is 2. The lowest BCUT2D eigenvalue weighted by molar-refractivity contribution is -0.142. The first-order valence-electron chi connectivity index (χ1n) is 5.87. The van der Waals surface area contributed by atoms with Gasteiger partial charge in [0.2, 0.25) is 5.91 Å². The summed E-state index contributed by atoms with van der Waals surface area (Å²) < 4.78 is 0. The van der Waals surface area contributed by atoms with Gasteiger partial charge in [-0.2, -0.15) is 12.6 Å². The first kappa shape index (κ1) is 17.6. The molecule has 0 heterocycles. The fraction of sp³-hybridized carbons (Fsp3) is 0.800. The molecule has 0 aliphatic rings. The van der Waals surface area contributed by atoms with E-state index >= 15 is 0 Å². The van der Waals surface area contributed by atoms with Gasteiger partial charge in [-0.15, -0.1) is 0 Å². The fourth-order valence-corrected chi connectivity index (χ4v) is 2.02. The SMILES string of the molecule is NCCCC[C@H](NC(=O)[C@H](CCS)NP)C(=O)O. The lowest BCUT2D eigenvalue weighted by Crippen LogP contribution is -2.48. The molecule has 0 saturated heterocycles. The summed E-state index contributed by atoms with van der Waals surface area (Å²) in [5.41, 5.74) is 5.35. The quantitative estimate of drug-likeness (QED) is 0.217. The summed E-state index contributed by atoms with van der Waals surface area (Å²) in [7, 11) is 2.26. The van der Waals surface area contributed by atoms with E-state index in [1.807, 2.05) is 0 Å². The lowest BCUT2D eigenvalue weighted by Gasteiger charge is -2.19. The largest absolute Gasteiger partial charge is 0.480 e. The van der Waals surface area contributed by atoms with Crippen LogP contribution < -0.4 is 16.1 Å². The lowest BCUT2D eigenvalue weighted by atomic mass is 10.1. The normalized spacial score (nSPS) is 13.9. The highest BCUT2D eigenvalue weighted by Gasteiger charge is 2.23. The zero-order valence-electron chi connectivity index (χ0n) is 10.3. The van der Waals surface area contributed by atoms with E-state index in [0.717, 1.165) is 6.42 Å². The predicted molar refractivity (Wildman–Crippen MR) is 77.6 cm³/mol. The van der Waals surface area contributed by atoms with Crippen molar-refractivity contribution in [1.29, 1.82) is 0 Å². The smallest absolute Gasteiger partial charge is 0.326 e. The number of thiol groups is 1. The Morgan fingerprint density at radius 2 is 1.94 bits per heavy atom. The van der Waals surface area contributed by atoms with Gasteiger partial charge in [-0.3, -0.25) is 9.88 Å². The third-order valence-electron chi connectivity index (χ3n) is 2.50. The van der Waals surface area contributed by atoms with Gasteiger partial charge in [0.1, 0.15) is 6.04 Å². The van der Waals surface area contributed by atoms with Gasteiger partial charge in [0, 0.05) is 0 Å². The van der Waals surface area contributed by atoms with Crippen molar-refractivity contribution >= 4 is 33.9 Å². The number of nitrogens with one attached hydrogen (secondary N) is 2. The van der Waals surface area contributed by atoms with Crippen molar-refractivity contribution in [1.82, 2.24) is 10.4 Å². The second-order valence-corrected chi connectivity index (χ2v) is 4.70. The maximum Gasteiger partial charge on any atom is 0.326 e. The summed E-state index contributed by atoms with van der Waals surface area (Å²) in [4.78, 5) is 22.8. The summed E-state index contributed by atoms with van der Waals surface area (Å²) in [5, 5.41) is 14.3. The maximum absolute atomic E-state index is 11.8. The molecular weight excluding hydrogens is 273 g/mol. The number of hydrogen-bond donors (Lipinski definition) is 5. The van der Waals surface area contributed by atoms with E-state index < -0.39 is 18.1 Å². The molecule has 8 heteroatoms. The molecule has 0 aromatic heterocycles. The van der Waals surface area contributed by atoms with Crippen molar-refractivity contribution in [2.45, 2.75) is 37.8 Å². The third-order valence-corrected chi connectivity index (χ3v) is 3.16. The van der Waals surface area contributed by atoms with E-state index in [0.29, 0.717) is 31.6 Å². The highest BCUT2D eigenvalue weighted by atomic mass is 32.1. The Morgan fingerprint density at radius 1 is 1.28 bits per heavy atom. The van der Waals surface area contributed by atoms with Crippen LogP contribution in [0, 0.1) is 0 Å². The first-order chi connectivity index (χ1) is 8.56. The molecule has 0 rings (SSSR count).